The van der Waals surface area contributed by atoms with E-state index in [9.17, 15) is 0 Å². The molecule has 2 aliphatic rings. The molecule has 2 saturated carbocycles. The Morgan fingerprint density at radius 2 is 0.714 bits per heavy atom. The van der Waals surface area contributed by atoms with Gasteiger partial charge in [-0.1, -0.05) is 129 Å². The molecule has 0 aromatic carbocycles. The number of hydrogen-bond acceptors (Lipinski definition) is 0. The molecule has 0 saturated heterocycles. The molecular weight excluding hydrogens is 336 g/mol. The smallest absolute Gasteiger partial charge is 0.0386 e. The van der Waals surface area contributed by atoms with Gasteiger partial charge in [0.2, 0.25) is 0 Å². The van der Waals surface area contributed by atoms with Gasteiger partial charge in [0.1, 0.15) is 0 Å². The summed E-state index contributed by atoms with van der Waals surface area (Å²) in [6, 6.07) is 0. The Hall–Kier alpha value is 0. The fourth-order valence-corrected chi connectivity index (χ4v) is 6.32. The van der Waals surface area contributed by atoms with Crippen molar-refractivity contribution in [3.05, 3.63) is 0 Å². The van der Waals surface area contributed by atoms with E-state index in [1.54, 1.807) is 57.8 Å². The minimum absolute atomic E-state index is 1.09. The van der Waals surface area contributed by atoms with Gasteiger partial charge in [-0.25, -0.2) is 0 Å². The summed E-state index contributed by atoms with van der Waals surface area (Å²) in [6.07, 6.45) is 33.3. The fourth-order valence-electron chi connectivity index (χ4n) is 6.32. The van der Waals surface area contributed by atoms with E-state index in [0.717, 1.165) is 23.7 Å². The Balaban J connectivity index is 1.45. The van der Waals surface area contributed by atoms with Crippen molar-refractivity contribution in [2.75, 3.05) is 0 Å². The van der Waals surface area contributed by atoms with Gasteiger partial charge >= 0.3 is 0 Å². The molecular formula is C28H54. The lowest BCUT2D eigenvalue weighted by Gasteiger charge is -2.38. The zero-order valence-electron chi connectivity index (χ0n) is 19.9. The minimum atomic E-state index is 1.09. The number of unbranched alkanes of at least 4 members (excludes halogenated alkanes) is 10. The molecule has 2 rings (SSSR count). The average molecular weight is 391 g/mol. The lowest BCUT2D eigenvalue weighted by molar-refractivity contribution is 0.139. The highest BCUT2D eigenvalue weighted by atomic mass is 14.4. The lowest BCUT2D eigenvalue weighted by Crippen LogP contribution is -2.25. The highest BCUT2D eigenvalue weighted by Gasteiger charge is 2.30. The van der Waals surface area contributed by atoms with E-state index >= 15 is 0 Å². The number of hydrogen-bond donors (Lipinski definition) is 0. The van der Waals surface area contributed by atoms with Crippen molar-refractivity contribution in [1.82, 2.24) is 0 Å². The lowest BCUT2D eigenvalue weighted by atomic mass is 9.68. The van der Waals surface area contributed by atoms with Crippen LogP contribution in [0.15, 0.2) is 0 Å². The maximum atomic E-state index is 2.33. The molecule has 0 spiro atoms. The van der Waals surface area contributed by atoms with Gasteiger partial charge in [0, 0.05) is 0 Å². The maximum absolute atomic E-state index is 2.33. The van der Waals surface area contributed by atoms with Gasteiger partial charge in [0.15, 0.2) is 0 Å². The Morgan fingerprint density at radius 1 is 0.393 bits per heavy atom. The van der Waals surface area contributed by atoms with Gasteiger partial charge < -0.3 is 0 Å². The topological polar surface area (TPSA) is 0 Å². The van der Waals surface area contributed by atoms with E-state index in [1.807, 2.05) is 0 Å². The summed E-state index contributed by atoms with van der Waals surface area (Å²) in [5.41, 5.74) is 0. The minimum Gasteiger partial charge on any atom is -0.0654 e. The summed E-state index contributed by atoms with van der Waals surface area (Å²) in [5, 5.41) is 0. The Morgan fingerprint density at radius 3 is 1.11 bits per heavy atom. The first-order valence-electron chi connectivity index (χ1n) is 13.8. The van der Waals surface area contributed by atoms with Crippen LogP contribution in [0.1, 0.15) is 155 Å². The molecule has 0 nitrogen and oxygen atoms in total. The number of rotatable bonds is 15. The van der Waals surface area contributed by atoms with E-state index in [0.29, 0.717) is 0 Å². The predicted octanol–water partition coefficient (Wildman–Crippen LogP) is 10.1. The molecule has 0 heterocycles. The van der Waals surface area contributed by atoms with Crippen molar-refractivity contribution in [3.8, 4) is 0 Å². The molecule has 0 radical (unpaired) electrons. The van der Waals surface area contributed by atoms with Crippen LogP contribution in [0.5, 0.6) is 0 Å². The van der Waals surface area contributed by atoms with Gasteiger partial charge in [-0.2, -0.15) is 0 Å². The normalized spacial score (nSPS) is 28.5. The summed E-state index contributed by atoms with van der Waals surface area (Å²) in [7, 11) is 0. The fraction of sp³-hybridized carbons (Fsp3) is 1.00. The molecule has 0 amide bonds. The Kier molecular flexibility index (Phi) is 13.7. The molecule has 2 aliphatic carbocycles. The highest BCUT2D eigenvalue weighted by molar-refractivity contribution is 4.82. The van der Waals surface area contributed by atoms with Crippen LogP contribution in [0.2, 0.25) is 0 Å². The zero-order valence-corrected chi connectivity index (χ0v) is 19.9. The standard InChI is InChI=1S/C28H54/c1-3-5-7-9-10-11-12-14-16-26-19-23-28(24-20-26)27-21-17-25(18-22-27)15-13-8-6-4-2/h25-28H,3-24H2,1-2H3/t25-,26-,27-,28-. The second kappa shape index (κ2) is 15.8. The summed E-state index contributed by atoms with van der Waals surface area (Å²) >= 11 is 0. The molecule has 0 heteroatoms. The Labute approximate surface area is 179 Å². The monoisotopic (exact) mass is 390 g/mol. The third kappa shape index (κ3) is 10.2. The molecule has 0 N–H and O–H groups in total. The molecule has 28 heavy (non-hydrogen) atoms. The molecule has 0 atom stereocenters. The predicted molar refractivity (Wildman–Crippen MR) is 127 cm³/mol. The van der Waals surface area contributed by atoms with Crippen LogP contribution >= 0.6 is 0 Å². The SMILES string of the molecule is CCCCCCCCCC[C@H]1CC[C@H]([C@H]2CC[C@H](CCCCCC)CC2)CC1. The molecule has 2 fully saturated rings. The Bertz CT molecular complexity index is 330. The van der Waals surface area contributed by atoms with E-state index in [-0.39, 0.29) is 0 Å². The first-order valence-corrected chi connectivity index (χ1v) is 13.8. The quantitative estimate of drug-likeness (QED) is 0.244. The molecule has 0 unspecified atom stereocenters. The van der Waals surface area contributed by atoms with Crippen LogP contribution < -0.4 is 0 Å². The molecule has 0 aliphatic heterocycles. The van der Waals surface area contributed by atoms with E-state index < -0.39 is 0 Å². The van der Waals surface area contributed by atoms with Crippen molar-refractivity contribution in [2.24, 2.45) is 23.7 Å². The van der Waals surface area contributed by atoms with Crippen LogP contribution in [0.25, 0.3) is 0 Å². The largest absolute Gasteiger partial charge is 0.0654 e. The highest BCUT2D eigenvalue weighted by Crippen LogP contribution is 2.43. The summed E-state index contributed by atoms with van der Waals surface area (Å²) in [5.74, 6) is 4.39. The average Bonchev–Trinajstić information content (AvgIpc) is 2.74. The molecule has 0 aromatic heterocycles. The maximum Gasteiger partial charge on any atom is -0.0386 e. The van der Waals surface area contributed by atoms with Crippen molar-refractivity contribution >= 4 is 0 Å². The van der Waals surface area contributed by atoms with Crippen LogP contribution in [-0.2, 0) is 0 Å². The second-order valence-corrected chi connectivity index (χ2v) is 10.7. The summed E-state index contributed by atoms with van der Waals surface area (Å²) in [4.78, 5) is 0. The third-order valence-corrected chi connectivity index (χ3v) is 8.38. The van der Waals surface area contributed by atoms with Crippen molar-refractivity contribution in [3.63, 3.8) is 0 Å². The van der Waals surface area contributed by atoms with Crippen LogP contribution in [-0.4, -0.2) is 0 Å². The molecule has 0 aromatic rings. The summed E-state index contributed by atoms with van der Waals surface area (Å²) < 4.78 is 0. The van der Waals surface area contributed by atoms with E-state index in [4.69, 9.17) is 0 Å². The van der Waals surface area contributed by atoms with E-state index in [1.165, 1.54) is 83.5 Å². The second-order valence-electron chi connectivity index (χ2n) is 10.7. The van der Waals surface area contributed by atoms with E-state index in [2.05, 4.69) is 13.8 Å². The van der Waals surface area contributed by atoms with Crippen LogP contribution in [0, 0.1) is 23.7 Å². The van der Waals surface area contributed by atoms with Gasteiger partial charge in [0.05, 0.1) is 0 Å². The van der Waals surface area contributed by atoms with Crippen LogP contribution in [0.4, 0.5) is 0 Å². The zero-order chi connectivity index (χ0) is 19.9. The van der Waals surface area contributed by atoms with Crippen molar-refractivity contribution in [1.29, 1.82) is 0 Å². The van der Waals surface area contributed by atoms with Crippen molar-refractivity contribution in [2.45, 2.75) is 155 Å². The van der Waals surface area contributed by atoms with Gasteiger partial charge in [-0.05, 0) is 49.4 Å². The van der Waals surface area contributed by atoms with Crippen molar-refractivity contribution < 1.29 is 0 Å². The van der Waals surface area contributed by atoms with Crippen LogP contribution in [0.3, 0.4) is 0 Å². The third-order valence-electron chi connectivity index (χ3n) is 8.38. The summed E-state index contributed by atoms with van der Waals surface area (Å²) in [6.45, 7) is 4.64. The van der Waals surface area contributed by atoms with Gasteiger partial charge in [-0.15, -0.1) is 0 Å². The first kappa shape index (κ1) is 24.3. The van der Waals surface area contributed by atoms with Gasteiger partial charge in [0.25, 0.3) is 0 Å². The van der Waals surface area contributed by atoms with Gasteiger partial charge in [-0.3, -0.25) is 0 Å². The molecule has 166 valence electrons. The first-order chi connectivity index (χ1) is 13.8. The molecule has 0 bridgehead atoms.